The van der Waals surface area contributed by atoms with Gasteiger partial charge in [-0.05, 0) is 43.5 Å². The lowest BCUT2D eigenvalue weighted by Gasteiger charge is -2.43. The van der Waals surface area contributed by atoms with Gasteiger partial charge in [0.25, 0.3) is 0 Å². The first-order valence-electron chi connectivity index (χ1n) is 8.05. The molecule has 1 aromatic rings. The summed E-state index contributed by atoms with van der Waals surface area (Å²) in [6.45, 7) is 0.653. The second kappa shape index (κ2) is 5.30. The summed E-state index contributed by atoms with van der Waals surface area (Å²) >= 11 is 0. The van der Waals surface area contributed by atoms with Crippen molar-refractivity contribution in [1.82, 2.24) is 5.32 Å². The van der Waals surface area contributed by atoms with Crippen molar-refractivity contribution in [2.75, 3.05) is 11.4 Å². The second-order valence-electron chi connectivity index (χ2n) is 6.76. The minimum atomic E-state index is -4.74. The molecule has 1 aliphatic carbocycles. The summed E-state index contributed by atoms with van der Waals surface area (Å²) in [7, 11) is 0. The Balaban J connectivity index is 1.77. The molecule has 3 aliphatic heterocycles. The number of nitriles is 1. The Morgan fingerprint density at radius 1 is 1.16 bits per heavy atom. The minimum absolute atomic E-state index is 0.0388. The molecule has 3 saturated heterocycles. The van der Waals surface area contributed by atoms with Crippen LogP contribution in [0, 0.1) is 29.1 Å². The van der Waals surface area contributed by atoms with Crippen molar-refractivity contribution >= 4 is 17.5 Å². The molecule has 25 heavy (non-hydrogen) atoms. The van der Waals surface area contributed by atoms with Gasteiger partial charge in [-0.1, -0.05) is 0 Å². The van der Waals surface area contributed by atoms with Crippen molar-refractivity contribution in [3.63, 3.8) is 0 Å². The predicted molar refractivity (Wildman–Crippen MR) is 80.1 cm³/mol. The second-order valence-corrected chi connectivity index (χ2v) is 6.76. The summed E-state index contributed by atoms with van der Waals surface area (Å²) in [6.07, 6.45) is -3.10. The Labute approximate surface area is 141 Å². The van der Waals surface area contributed by atoms with E-state index in [1.54, 1.807) is 0 Å². The molecule has 1 N–H and O–H groups in total. The van der Waals surface area contributed by atoms with Crippen LogP contribution in [0.4, 0.5) is 18.9 Å². The van der Waals surface area contributed by atoms with Crippen molar-refractivity contribution in [2.45, 2.75) is 25.1 Å². The standard InChI is InChI=1S/C17H14F3N3O2/c18-17(19,20)11-5-10(3-1-8(11)6-21)23-15(24)13-9-2-4-12(22-7-9)14(13)16(23)25/h1,3,5,9,12-14,22H,2,4,7H2. The van der Waals surface area contributed by atoms with Crippen molar-refractivity contribution in [2.24, 2.45) is 17.8 Å². The van der Waals surface area contributed by atoms with Crippen LogP contribution in [-0.4, -0.2) is 24.4 Å². The van der Waals surface area contributed by atoms with E-state index in [1.807, 2.05) is 0 Å². The number of benzene rings is 1. The van der Waals surface area contributed by atoms with Crippen molar-refractivity contribution in [3.05, 3.63) is 29.3 Å². The number of rotatable bonds is 1. The molecule has 0 spiro atoms. The van der Waals surface area contributed by atoms with Gasteiger partial charge < -0.3 is 5.32 Å². The fraction of sp³-hybridized carbons (Fsp3) is 0.471. The molecule has 3 heterocycles. The number of anilines is 1. The van der Waals surface area contributed by atoms with Gasteiger partial charge >= 0.3 is 6.18 Å². The quantitative estimate of drug-likeness (QED) is 0.788. The van der Waals surface area contributed by atoms with Crippen LogP contribution in [0.2, 0.25) is 0 Å². The Morgan fingerprint density at radius 3 is 2.44 bits per heavy atom. The highest BCUT2D eigenvalue weighted by Crippen LogP contribution is 2.46. The van der Waals surface area contributed by atoms with Gasteiger partial charge in [-0.2, -0.15) is 18.4 Å². The maximum atomic E-state index is 13.2. The Morgan fingerprint density at radius 2 is 1.88 bits per heavy atom. The molecule has 4 unspecified atom stereocenters. The third-order valence-corrected chi connectivity index (χ3v) is 5.52. The number of hydrogen-bond donors (Lipinski definition) is 1. The van der Waals surface area contributed by atoms with Crippen LogP contribution in [0.1, 0.15) is 24.0 Å². The van der Waals surface area contributed by atoms with E-state index in [0.717, 1.165) is 29.9 Å². The summed E-state index contributed by atoms with van der Waals surface area (Å²) in [5, 5.41) is 12.1. The van der Waals surface area contributed by atoms with E-state index in [1.165, 1.54) is 12.1 Å². The highest BCUT2D eigenvalue weighted by Gasteiger charge is 2.58. The van der Waals surface area contributed by atoms with E-state index in [4.69, 9.17) is 5.26 Å². The van der Waals surface area contributed by atoms with Gasteiger partial charge in [0.1, 0.15) is 0 Å². The van der Waals surface area contributed by atoms with Crippen molar-refractivity contribution in [3.8, 4) is 6.07 Å². The lowest BCUT2D eigenvalue weighted by Crippen LogP contribution is -2.56. The predicted octanol–water partition coefficient (Wildman–Crippen LogP) is 2.06. The first-order valence-corrected chi connectivity index (χ1v) is 8.05. The fourth-order valence-electron chi connectivity index (χ4n) is 4.40. The van der Waals surface area contributed by atoms with Gasteiger partial charge in [0.15, 0.2) is 0 Å². The van der Waals surface area contributed by atoms with Gasteiger partial charge in [0, 0.05) is 6.04 Å². The molecule has 8 heteroatoms. The van der Waals surface area contributed by atoms with Crippen LogP contribution in [0.3, 0.4) is 0 Å². The van der Waals surface area contributed by atoms with Crippen molar-refractivity contribution in [1.29, 1.82) is 5.26 Å². The van der Waals surface area contributed by atoms with Crippen LogP contribution in [0.25, 0.3) is 0 Å². The van der Waals surface area contributed by atoms with Gasteiger partial charge in [0.05, 0.1) is 34.7 Å². The molecule has 4 fully saturated rings. The molecule has 1 aromatic carbocycles. The number of piperidine rings is 2. The summed E-state index contributed by atoms with van der Waals surface area (Å²) in [4.78, 5) is 26.4. The smallest absolute Gasteiger partial charge is 0.313 e. The van der Waals surface area contributed by atoms with Gasteiger partial charge in [0.2, 0.25) is 11.8 Å². The van der Waals surface area contributed by atoms with Gasteiger partial charge in [-0.15, -0.1) is 0 Å². The average Bonchev–Trinajstić information content (AvgIpc) is 2.88. The first-order chi connectivity index (χ1) is 11.8. The molecule has 130 valence electrons. The number of carbonyl (C=O) groups is 2. The molecule has 0 aromatic heterocycles. The third-order valence-electron chi connectivity index (χ3n) is 5.52. The Hall–Kier alpha value is -2.40. The van der Waals surface area contributed by atoms with Crippen LogP contribution in [-0.2, 0) is 15.8 Å². The molecule has 4 aliphatic rings. The van der Waals surface area contributed by atoms with E-state index in [-0.39, 0.29) is 17.6 Å². The molecular weight excluding hydrogens is 335 g/mol. The van der Waals surface area contributed by atoms with E-state index in [0.29, 0.717) is 6.54 Å². The van der Waals surface area contributed by atoms with Crippen LogP contribution >= 0.6 is 0 Å². The third kappa shape index (κ3) is 2.26. The van der Waals surface area contributed by atoms with Crippen molar-refractivity contribution < 1.29 is 22.8 Å². The molecule has 5 nitrogen and oxygen atoms in total. The lowest BCUT2D eigenvalue weighted by molar-refractivity contribution is -0.138. The SMILES string of the molecule is N#Cc1ccc(N2C(=O)C3C4CCC(NC4)C3C2=O)cc1C(F)(F)F. The number of hydrogen-bond acceptors (Lipinski definition) is 4. The largest absolute Gasteiger partial charge is 0.417 e. The summed E-state index contributed by atoms with van der Waals surface area (Å²) < 4.78 is 39.5. The molecule has 1 saturated carbocycles. The number of amides is 2. The number of imide groups is 1. The van der Waals surface area contributed by atoms with Crippen LogP contribution < -0.4 is 10.2 Å². The Kier molecular flexibility index (Phi) is 3.41. The fourth-order valence-corrected chi connectivity index (χ4v) is 4.40. The molecule has 2 bridgehead atoms. The first kappa shape index (κ1) is 16.1. The maximum absolute atomic E-state index is 13.2. The van der Waals surface area contributed by atoms with Crippen LogP contribution in [0.5, 0.6) is 0 Å². The number of nitrogens with zero attached hydrogens (tertiary/aromatic N) is 2. The summed E-state index contributed by atoms with van der Waals surface area (Å²) in [5.41, 5.74) is -1.78. The average molecular weight is 349 g/mol. The molecule has 4 atom stereocenters. The number of fused-ring (bicyclic) bond motifs is 2. The molecule has 2 amide bonds. The minimum Gasteiger partial charge on any atom is -0.313 e. The zero-order chi connectivity index (χ0) is 17.9. The van der Waals surface area contributed by atoms with E-state index in [9.17, 15) is 22.8 Å². The van der Waals surface area contributed by atoms with E-state index >= 15 is 0 Å². The topological polar surface area (TPSA) is 73.2 Å². The zero-order valence-corrected chi connectivity index (χ0v) is 13.0. The van der Waals surface area contributed by atoms with E-state index < -0.39 is 41.0 Å². The Bertz CT molecular complexity index is 776. The molecule has 0 radical (unpaired) electrons. The molecule has 5 rings (SSSR count). The number of nitrogens with one attached hydrogen (secondary N) is 1. The summed E-state index contributed by atoms with van der Waals surface area (Å²) in [5.74, 6) is -1.81. The van der Waals surface area contributed by atoms with Gasteiger partial charge in [-0.25, -0.2) is 4.90 Å². The number of alkyl halides is 3. The summed E-state index contributed by atoms with van der Waals surface area (Å²) in [6, 6.07) is 4.36. The lowest BCUT2D eigenvalue weighted by atomic mass is 9.67. The highest BCUT2D eigenvalue weighted by atomic mass is 19.4. The number of carbonyl (C=O) groups excluding carboxylic acids is 2. The van der Waals surface area contributed by atoms with E-state index in [2.05, 4.69) is 5.32 Å². The normalized spacial score (nSPS) is 31.2. The van der Waals surface area contributed by atoms with Gasteiger partial charge in [-0.3, -0.25) is 9.59 Å². The molecular formula is C17H14F3N3O2. The maximum Gasteiger partial charge on any atom is 0.417 e. The number of halogens is 3. The monoisotopic (exact) mass is 349 g/mol. The van der Waals surface area contributed by atoms with Crippen LogP contribution in [0.15, 0.2) is 18.2 Å². The zero-order valence-electron chi connectivity index (χ0n) is 13.0. The highest BCUT2D eigenvalue weighted by molar-refractivity contribution is 6.22.